The predicted molar refractivity (Wildman–Crippen MR) is 345 cm³/mol. The zero-order chi connectivity index (χ0) is 63.5. The summed E-state index contributed by atoms with van der Waals surface area (Å²) in [6, 6.07) is 0. The summed E-state index contributed by atoms with van der Waals surface area (Å²) in [6.45, 7) is 7.16. The van der Waals surface area contributed by atoms with E-state index in [1.54, 1.807) is 0 Å². The molecular weight excluding hydrogens is 1140 g/mol. The molecule has 510 valence electrons. The van der Waals surface area contributed by atoms with Crippen LogP contribution in [0.5, 0.6) is 0 Å². The van der Waals surface area contributed by atoms with E-state index in [9.17, 15) is 43.2 Å². The lowest BCUT2D eigenvalue weighted by atomic mass is 10.0. The highest BCUT2D eigenvalue weighted by molar-refractivity contribution is 7.47. The van der Waals surface area contributed by atoms with E-state index in [2.05, 4.69) is 34.6 Å². The van der Waals surface area contributed by atoms with Crippen molar-refractivity contribution < 1.29 is 80.2 Å². The van der Waals surface area contributed by atoms with Gasteiger partial charge in [-0.25, -0.2) is 9.13 Å². The molecule has 0 aromatic heterocycles. The number of carbonyl (C=O) groups is 4. The normalized spacial score (nSPS) is 14.2. The number of phosphoric ester groups is 2. The zero-order valence-electron chi connectivity index (χ0n) is 55.4. The molecule has 0 fully saturated rings. The molecule has 0 rings (SSSR count). The Morgan fingerprint density at radius 1 is 0.314 bits per heavy atom. The molecule has 5 atom stereocenters. The largest absolute Gasteiger partial charge is 0.472 e. The lowest BCUT2D eigenvalue weighted by Crippen LogP contribution is -2.30. The van der Waals surface area contributed by atoms with Gasteiger partial charge in [-0.2, -0.15) is 0 Å². The van der Waals surface area contributed by atoms with Crippen LogP contribution < -0.4 is 0 Å². The number of rotatable bonds is 67. The van der Waals surface area contributed by atoms with Gasteiger partial charge in [0.2, 0.25) is 0 Å². The summed E-state index contributed by atoms with van der Waals surface area (Å²) < 4.78 is 68.0. The van der Waals surface area contributed by atoms with Gasteiger partial charge in [0.15, 0.2) is 12.2 Å². The quantitative estimate of drug-likeness (QED) is 0.0222. The lowest BCUT2D eigenvalue weighted by Gasteiger charge is -2.21. The Morgan fingerprint density at radius 2 is 0.535 bits per heavy atom. The first-order valence-corrected chi connectivity index (χ1v) is 38.1. The minimum absolute atomic E-state index is 0.107. The molecular formula is C67H130O17P2. The summed E-state index contributed by atoms with van der Waals surface area (Å²) >= 11 is 0. The number of ether oxygens (including phenoxy) is 4. The van der Waals surface area contributed by atoms with Crippen molar-refractivity contribution in [2.24, 2.45) is 5.92 Å². The summed E-state index contributed by atoms with van der Waals surface area (Å²) in [6.07, 6.45) is 46.1. The van der Waals surface area contributed by atoms with Crippen molar-refractivity contribution in [3.8, 4) is 0 Å². The number of phosphoric acid groups is 2. The van der Waals surface area contributed by atoms with Gasteiger partial charge in [-0.1, -0.05) is 291 Å². The maximum atomic E-state index is 13.0. The Hall–Kier alpha value is -1.94. The van der Waals surface area contributed by atoms with Crippen molar-refractivity contribution in [2.75, 3.05) is 39.6 Å². The highest BCUT2D eigenvalue weighted by Crippen LogP contribution is 2.45. The van der Waals surface area contributed by atoms with Gasteiger partial charge >= 0.3 is 39.5 Å². The maximum absolute atomic E-state index is 13.0. The van der Waals surface area contributed by atoms with Crippen molar-refractivity contribution in [1.82, 2.24) is 0 Å². The van der Waals surface area contributed by atoms with Gasteiger partial charge in [-0.3, -0.25) is 37.3 Å². The van der Waals surface area contributed by atoms with Crippen LogP contribution in [0.2, 0.25) is 0 Å². The van der Waals surface area contributed by atoms with Gasteiger partial charge in [0, 0.05) is 25.7 Å². The average Bonchev–Trinajstić information content (AvgIpc) is 3.70. The number of unbranched alkanes of at least 4 members (excludes halogenated alkanes) is 39. The van der Waals surface area contributed by atoms with Crippen molar-refractivity contribution in [1.29, 1.82) is 0 Å². The molecule has 0 aliphatic heterocycles. The van der Waals surface area contributed by atoms with Crippen LogP contribution in [0.15, 0.2) is 0 Å². The third kappa shape index (κ3) is 60.9. The van der Waals surface area contributed by atoms with E-state index in [0.29, 0.717) is 25.7 Å². The van der Waals surface area contributed by atoms with E-state index in [-0.39, 0.29) is 25.7 Å². The summed E-state index contributed by atoms with van der Waals surface area (Å²) in [5.74, 6) is -1.34. The SMILES string of the molecule is CCCCCCCCCCCCCCC(=O)OC[C@H](COP(=O)(O)OC[C@@H](O)COP(=O)(O)OC[C@@H](COC(=O)CCCCCCC)OC(=O)CCCCCCCCCCCCCC)OC(=O)CCCCCCCCCCCCCCCCC(C)C. The van der Waals surface area contributed by atoms with Crippen LogP contribution in [-0.4, -0.2) is 96.7 Å². The minimum atomic E-state index is -4.95. The Kier molecular flexibility index (Phi) is 59.2. The average molecular weight is 1270 g/mol. The molecule has 0 saturated carbocycles. The van der Waals surface area contributed by atoms with E-state index in [4.69, 9.17) is 37.0 Å². The molecule has 17 nitrogen and oxygen atoms in total. The molecule has 0 radical (unpaired) electrons. The first-order chi connectivity index (χ1) is 41.5. The number of aliphatic hydroxyl groups is 1. The molecule has 19 heteroatoms. The highest BCUT2D eigenvalue weighted by Gasteiger charge is 2.30. The molecule has 0 amide bonds. The summed E-state index contributed by atoms with van der Waals surface area (Å²) in [7, 11) is -9.88. The van der Waals surface area contributed by atoms with Crippen molar-refractivity contribution in [3.05, 3.63) is 0 Å². The standard InChI is InChI=1S/C67H130O17P2/c1-6-9-12-15-17-19-21-28-32-36-41-46-51-65(70)78-57-63(84-67(72)53-48-43-38-34-30-26-24-23-25-27-31-35-40-44-49-60(4)5)59-82-86(75,76)80-55-61(68)54-79-85(73,74)81-58-62(56-77-64(69)50-45-39-14-11-8-3)83-66(71)52-47-42-37-33-29-22-20-18-16-13-10-7-2/h60-63,68H,6-59H2,1-5H3,(H,73,74)(H,75,76)/t61-,62+,63+/m0/s1. The maximum Gasteiger partial charge on any atom is 0.472 e. The second-order valence-electron chi connectivity index (χ2n) is 24.7. The van der Waals surface area contributed by atoms with Gasteiger partial charge in [-0.05, 0) is 31.6 Å². The second kappa shape index (κ2) is 60.6. The summed E-state index contributed by atoms with van der Waals surface area (Å²) in [4.78, 5) is 72.1. The molecule has 0 aliphatic carbocycles. The van der Waals surface area contributed by atoms with Crippen LogP contribution >= 0.6 is 15.6 Å². The van der Waals surface area contributed by atoms with Crippen LogP contribution in [0, 0.1) is 5.92 Å². The number of hydrogen-bond acceptors (Lipinski definition) is 15. The molecule has 0 aromatic rings. The minimum Gasteiger partial charge on any atom is -0.462 e. The fraction of sp³-hybridized carbons (Fsp3) is 0.940. The molecule has 2 unspecified atom stereocenters. The second-order valence-corrected chi connectivity index (χ2v) is 27.6. The molecule has 0 saturated heterocycles. The molecule has 86 heavy (non-hydrogen) atoms. The van der Waals surface area contributed by atoms with Crippen molar-refractivity contribution >= 4 is 39.5 Å². The molecule has 0 spiro atoms. The van der Waals surface area contributed by atoms with E-state index >= 15 is 0 Å². The van der Waals surface area contributed by atoms with Crippen LogP contribution in [0.25, 0.3) is 0 Å². The van der Waals surface area contributed by atoms with Gasteiger partial charge in [0.05, 0.1) is 26.4 Å². The smallest absolute Gasteiger partial charge is 0.462 e. The van der Waals surface area contributed by atoms with Crippen LogP contribution in [0.4, 0.5) is 0 Å². The van der Waals surface area contributed by atoms with Gasteiger partial charge in [-0.15, -0.1) is 0 Å². The fourth-order valence-corrected chi connectivity index (χ4v) is 11.7. The Morgan fingerprint density at radius 3 is 0.791 bits per heavy atom. The monoisotopic (exact) mass is 1270 g/mol. The third-order valence-corrected chi connectivity index (χ3v) is 17.4. The lowest BCUT2D eigenvalue weighted by molar-refractivity contribution is -0.161. The highest BCUT2D eigenvalue weighted by atomic mass is 31.2. The molecule has 0 aliphatic rings. The topological polar surface area (TPSA) is 237 Å². The van der Waals surface area contributed by atoms with E-state index in [0.717, 1.165) is 102 Å². The fourth-order valence-electron chi connectivity index (χ4n) is 10.1. The third-order valence-electron chi connectivity index (χ3n) is 15.5. The van der Waals surface area contributed by atoms with E-state index in [1.807, 2.05) is 0 Å². The first kappa shape index (κ1) is 84.1. The number of aliphatic hydroxyl groups excluding tert-OH is 1. The van der Waals surface area contributed by atoms with Gasteiger partial charge < -0.3 is 33.8 Å². The van der Waals surface area contributed by atoms with Crippen molar-refractivity contribution in [3.63, 3.8) is 0 Å². The molecule has 0 bridgehead atoms. The zero-order valence-corrected chi connectivity index (χ0v) is 57.2. The van der Waals surface area contributed by atoms with Gasteiger partial charge in [0.25, 0.3) is 0 Å². The number of carbonyl (C=O) groups excluding carboxylic acids is 4. The van der Waals surface area contributed by atoms with E-state index < -0.39 is 97.5 Å². The first-order valence-electron chi connectivity index (χ1n) is 35.1. The Balaban J connectivity index is 5.15. The molecule has 0 heterocycles. The Labute approximate surface area is 524 Å². The number of hydrogen-bond donors (Lipinski definition) is 3. The molecule has 0 aromatic carbocycles. The van der Waals surface area contributed by atoms with Crippen LogP contribution in [0.1, 0.15) is 343 Å². The summed E-state index contributed by atoms with van der Waals surface area (Å²) in [5.41, 5.74) is 0. The van der Waals surface area contributed by atoms with E-state index in [1.165, 1.54) is 161 Å². The summed E-state index contributed by atoms with van der Waals surface area (Å²) in [5, 5.41) is 10.5. The number of esters is 4. The molecule has 3 N–H and O–H groups in total. The van der Waals surface area contributed by atoms with Gasteiger partial charge in [0.1, 0.15) is 19.3 Å². The van der Waals surface area contributed by atoms with Crippen LogP contribution in [0.3, 0.4) is 0 Å². The van der Waals surface area contributed by atoms with Crippen LogP contribution in [-0.2, 0) is 65.4 Å². The van der Waals surface area contributed by atoms with Crippen molar-refractivity contribution in [2.45, 2.75) is 361 Å². The predicted octanol–water partition coefficient (Wildman–Crippen LogP) is 19.0. The Bertz CT molecular complexity index is 1670.